The molecular weight excluding hydrogens is 412 g/mol. The standard InChI is InChI=1S/C28H40O3Si/c1-6-7-15-24(29)16-14-21-27(30)23(2)22-31-32(28(3,4)5,25-17-10-8-11-18-25)26-19-12-9-13-20-26/h6,8-13,17-20,23,27,30H,1,7,14-16,21-22H2,2-5H3/t23-,27-/m0/s1. The highest BCUT2D eigenvalue weighted by Gasteiger charge is 2.50. The molecule has 0 heterocycles. The number of ketones is 1. The second kappa shape index (κ2) is 12.3. The first-order valence-electron chi connectivity index (χ1n) is 11.8. The predicted molar refractivity (Wildman–Crippen MR) is 137 cm³/mol. The first-order valence-corrected chi connectivity index (χ1v) is 13.7. The third-order valence-corrected chi connectivity index (χ3v) is 11.2. The van der Waals surface area contributed by atoms with Gasteiger partial charge in [0.1, 0.15) is 5.78 Å². The Morgan fingerprint density at radius 1 is 1.03 bits per heavy atom. The summed E-state index contributed by atoms with van der Waals surface area (Å²) >= 11 is 0. The molecular formula is C28H40O3Si. The number of aliphatic hydroxyl groups excluding tert-OH is 1. The van der Waals surface area contributed by atoms with E-state index in [1.165, 1.54) is 10.4 Å². The highest BCUT2D eigenvalue weighted by molar-refractivity contribution is 6.99. The molecule has 32 heavy (non-hydrogen) atoms. The van der Waals surface area contributed by atoms with Crippen molar-refractivity contribution < 1.29 is 14.3 Å². The maximum Gasteiger partial charge on any atom is 0.261 e. The van der Waals surface area contributed by atoms with Crippen molar-refractivity contribution in [2.75, 3.05) is 6.61 Å². The Labute approximate surface area is 195 Å². The van der Waals surface area contributed by atoms with E-state index in [4.69, 9.17) is 4.43 Å². The normalized spacial score (nSPS) is 14.0. The minimum absolute atomic E-state index is 0.0140. The number of rotatable bonds is 13. The highest BCUT2D eigenvalue weighted by atomic mass is 28.4. The first-order chi connectivity index (χ1) is 15.2. The van der Waals surface area contributed by atoms with Crippen molar-refractivity contribution in [2.24, 2.45) is 5.92 Å². The van der Waals surface area contributed by atoms with Gasteiger partial charge in [-0.1, -0.05) is 94.4 Å². The van der Waals surface area contributed by atoms with Crippen molar-refractivity contribution in [3.05, 3.63) is 73.3 Å². The molecule has 0 saturated carbocycles. The quantitative estimate of drug-likeness (QED) is 0.333. The second-order valence-corrected chi connectivity index (χ2v) is 14.1. The molecule has 0 spiro atoms. The number of benzene rings is 2. The maximum absolute atomic E-state index is 11.9. The third kappa shape index (κ3) is 6.74. The van der Waals surface area contributed by atoms with Crippen LogP contribution >= 0.6 is 0 Å². The molecule has 2 rings (SSSR count). The largest absolute Gasteiger partial charge is 0.407 e. The van der Waals surface area contributed by atoms with Crippen molar-refractivity contribution in [1.82, 2.24) is 0 Å². The maximum atomic E-state index is 11.9. The van der Waals surface area contributed by atoms with Crippen molar-refractivity contribution in [1.29, 1.82) is 0 Å². The average molecular weight is 453 g/mol. The van der Waals surface area contributed by atoms with E-state index in [9.17, 15) is 9.90 Å². The molecule has 4 heteroatoms. The number of carbonyl (C=O) groups excluding carboxylic acids is 1. The minimum Gasteiger partial charge on any atom is -0.407 e. The summed E-state index contributed by atoms with van der Waals surface area (Å²) in [7, 11) is -2.60. The van der Waals surface area contributed by atoms with Crippen LogP contribution in [-0.4, -0.2) is 31.9 Å². The molecule has 0 aliphatic carbocycles. The van der Waals surface area contributed by atoms with Gasteiger partial charge in [0, 0.05) is 25.4 Å². The van der Waals surface area contributed by atoms with Crippen LogP contribution in [0.4, 0.5) is 0 Å². The van der Waals surface area contributed by atoms with Crippen molar-refractivity contribution >= 4 is 24.5 Å². The monoisotopic (exact) mass is 452 g/mol. The lowest BCUT2D eigenvalue weighted by atomic mass is 9.99. The molecule has 2 aromatic rings. The number of hydrogen-bond acceptors (Lipinski definition) is 3. The molecule has 174 valence electrons. The Bertz CT molecular complexity index is 787. The van der Waals surface area contributed by atoms with Crippen LogP contribution in [0.25, 0.3) is 0 Å². The summed E-state index contributed by atoms with van der Waals surface area (Å²) in [6.07, 6.45) is 4.41. The summed E-state index contributed by atoms with van der Waals surface area (Å²) in [6, 6.07) is 21.1. The van der Waals surface area contributed by atoms with Gasteiger partial charge < -0.3 is 9.53 Å². The zero-order chi connectivity index (χ0) is 23.6. The fourth-order valence-corrected chi connectivity index (χ4v) is 8.98. The topological polar surface area (TPSA) is 46.5 Å². The van der Waals surface area contributed by atoms with E-state index in [-0.39, 0.29) is 16.7 Å². The molecule has 2 aromatic carbocycles. The summed E-state index contributed by atoms with van der Waals surface area (Å²) < 4.78 is 6.93. The fourth-order valence-electron chi connectivity index (χ4n) is 4.31. The van der Waals surface area contributed by atoms with Gasteiger partial charge in [-0.3, -0.25) is 4.79 Å². The van der Waals surface area contributed by atoms with Gasteiger partial charge in [0.15, 0.2) is 0 Å². The zero-order valence-electron chi connectivity index (χ0n) is 20.2. The van der Waals surface area contributed by atoms with E-state index < -0.39 is 14.4 Å². The van der Waals surface area contributed by atoms with Gasteiger partial charge in [0.2, 0.25) is 0 Å². The molecule has 0 aliphatic heterocycles. The molecule has 0 aliphatic rings. The van der Waals surface area contributed by atoms with Crippen LogP contribution in [0.2, 0.25) is 5.04 Å². The Balaban J connectivity index is 2.15. The predicted octanol–water partition coefficient (Wildman–Crippen LogP) is 5.27. The Kier molecular flexibility index (Phi) is 10.1. The highest BCUT2D eigenvalue weighted by Crippen LogP contribution is 2.37. The molecule has 3 nitrogen and oxygen atoms in total. The number of aliphatic hydroxyl groups is 1. The lowest BCUT2D eigenvalue weighted by Crippen LogP contribution is -2.67. The van der Waals surface area contributed by atoms with Crippen LogP contribution < -0.4 is 10.4 Å². The molecule has 0 saturated heterocycles. The van der Waals surface area contributed by atoms with Crippen LogP contribution in [0.1, 0.15) is 59.8 Å². The van der Waals surface area contributed by atoms with Crippen molar-refractivity contribution in [3.8, 4) is 0 Å². The van der Waals surface area contributed by atoms with Crippen LogP contribution in [0.15, 0.2) is 73.3 Å². The van der Waals surface area contributed by atoms with Gasteiger partial charge in [0.25, 0.3) is 8.32 Å². The van der Waals surface area contributed by atoms with E-state index in [1.54, 1.807) is 6.08 Å². The van der Waals surface area contributed by atoms with Gasteiger partial charge in [-0.05, 0) is 34.7 Å². The van der Waals surface area contributed by atoms with Gasteiger partial charge in [-0.25, -0.2) is 0 Å². The Morgan fingerprint density at radius 2 is 1.56 bits per heavy atom. The Morgan fingerprint density at radius 3 is 2.03 bits per heavy atom. The molecule has 0 radical (unpaired) electrons. The van der Waals surface area contributed by atoms with Gasteiger partial charge >= 0.3 is 0 Å². The first kappa shape index (κ1) is 26.2. The third-order valence-electron chi connectivity index (χ3n) is 6.22. The van der Waals surface area contributed by atoms with Gasteiger partial charge in [0.05, 0.1) is 6.10 Å². The van der Waals surface area contributed by atoms with E-state index >= 15 is 0 Å². The summed E-state index contributed by atoms with van der Waals surface area (Å²) in [6.45, 7) is 13.0. The van der Waals surface area contributed by atoms with Gasteiger partial charge in [-0.15, -0.1) is 6.58 Å². The summed E-state index contributed by atoms with van der Waals surface area (Å²) in [5.41, 5.74) is 0. The number of allylic oxidation sites excluding steroid dienone is 1. The minimum atomic E-state index is -2.60. The average Bonchev–Trinajstić information content (AvgIpc) is 2.78. The van der Waals surface area contributed by atoms with Crippen molar-refractivity contribution in [3.63, 3.8) is 0 Å². The second-order valence-electron chi connectivity index (χ2n) is 9.78. The smallest absolute Gasteiger partial charge is 0.261 e. The van der Waals surface area contributed by atoms with E-state index in [1.807, 2.05) is 19.1 Å². The van der Waals surface area contributed by atoms with Crippen LogP contribution in [0.5, 0.6) is 0 Å². The number of hydrogen-bond donors (Lipinski definition) is 1. The summed E-state index contributed by atoms with van der Waals surface area (Å²) in [4.78, 5) is 11.9. The van der Waals surface area contributed by atoms with Crippen LogP contribution in [0, 0.1) is 5.92 Å². The van der Waals surface area contributed by atoms with E-state index in [2.05, 4.69) is 75.9 Å². The molecule has 0 fully saturated rings. The molecule has 0 unspecified atom stereocenters. The summed E-state index contributed by atoms with van der Waals surface area (Å²) in [5, 5.41) is 13.2. The molecule has 0 aromatic heterocycles. The molecule has 2 atom stereocenters. The van der Waals surface area contributed by atoms with Crippen molar-refractivity contribution in [2.45, 2.75) is 70.9 Å². The Hall–Kier alpha value is -2.01. The molecule has 0 amide bonds. The number of carbonyl (C=O) groups is 1. The number of Topliss-reactive ketones (excluding diaryl/α,β-unsaturated/α-hetero) is 1. The van der Waals surface area contributed by atoms with Gasteiger partial charge in [-0.2, -0.15) is 0 Å². The van der Waals surface area contributed by atoms with E-state index in [0.29, 0.717) is 32.3 Å². The lowest BCUT2D eigenvalue weighted by molar-refractivity contribution is -0.119. The van der Waals surface area contributed by atoms with Crippen LogP contribution in [-0.2, 0) is 9.22 Å². The van der Waals surface area contributed by atoms with Crippen LogP contribution in [0.3, 0.4) is 0 Å². The summed E-state index contributed by atoms with van der Waals surface area (Å²) in [5.74, 6) is 0.230. The molecule has 0 bridgehead atoms. The SMILES string of the molecule is C=CCCC(=O)CCC[C@H](O)[C@@H](C)CO[Si](c1ccccc1)(c1ccccc1)C(C)(C)C. The molecule has 1 N–H and O–H groups in total. The zero-order valence-corrected chi connectivity index (χ0v) is 21.2. The van der Waals surface area contributed by atoms with E-state index in [0.717, 1.165) is 6.42 Å². The fraction of sp³-hybridized carbons (Fsp3) is 0.464. The lowest BCUT2D eigenvalue weighted by Gasteiger charge is -2.43.